The number of rotatable bonds is 4. The third-order valence-electron chi connectivity index (χ3n) is 3.91. The van der Waals surface area contributed by atoms with E-state index in [-0.39, 0.29) is 36.9 Å². The number of morpholine rings is 1. The molecular formula is C17H16F2N2O4S. The lowest BCUT2D eigenvalue weighted by Crippen LogP contribution is -2.40. The fraction of sp³-hybridized carbons (Fsp3) is 0.235. The van der Waals surface area contributed by atoms with Crippen LogP contribution in [0, 0.1) is 11.6 Å². The molecule has 1 N–H and O–H groups in total. The number of nitrogens with one attached hydrogen (secondary N) is 1. The van der Waals surface area contributed by atoms with Crippen molar-refractivity contribution < 1.29 is 26.7 Å². The van der Waals surface area contributed by atoms with Gasteiger partial charge in [0.05, 0.1) is 29.4 Å². The number of carbonyl (C=O) groups excluding carboxylic acids is 1. The molecule has 9 heteroatoms. The topological polar surface area (TPSA) is 75.7 Å². The number of nitrogens with zero attached hydrogens (tertiary/aromatic N) is 1. The molecule has 1 saturated heterocycles. The van der Waals surface area contributed by atoms with E-state index in [2.05, 4.69) is 5.32 Å². The highest BCUT2D eigenvalue weighted by atomic mass is 32.2. The minimum absolute atomic E-state index is 0.127. The fourth-order valence-electron chi connectivity index (χ4n) is 2.53. The number of ether oxygens (including phenoxy) is 1. The second-order valence-corrected chi connectivity index (χ2v) is 7.53. The van der Waals surface area contributed by atoms with Crippen LogP contribution in [0.5, 0.6) is 0 Å². The van der Waals surface area contributed by atoms with Gasteiger partial charge in [-0.25, -0.2) is 17.2 Å². The van der Waals surface area contributed by atoms with Crippen molar-refractivity contribution >= 4 is 21.6 Å². The predicted molar refractivity (Wildman–Crippen MR) is 90.3 cm³/mol. The van der Waals surface area contributed by atoms with Gasteiger partial charge in [0.15, 0.2) is 0 Å². The Morgan fingerprint density at radius 1 is 1.04 bits per heavy atom. The summed E-state index contributed by atoms with van der Waals surface area (Å²) in [5.41, 5.74) is -0.610. The molecule has 138 valence electrons. The molecule has 2 aromatic rings. The first kappa shape index (κ1) is 18.4. The van der Waals surface area contributed by atoms with Crippen molar-refractivity contribution in [3.63, 3.8) is 0 Å². The molecule has 26 heavy (non-hydrogen) atoms. The van der Waals surface area contributed by atoms with Gasteiger partial charge in [-0.05, 0) is 30.3 Å². The normalized spacial score (nSPS) is 15.6. The van der Waals surface area contributed by atoms with Gasteiger partial charge in [0.25, 0.3) is 5.91 Å². The van der Waals surface area contributed by atoms with E-state index >= 15 is 0 Å². The lowest BCUT2D eigenvalue weighted by atomic mass is 10.2. The fourth-order valence-corrected chi connectivity index (χ4v) is 3.96. The number of sulfonamides is 1. The van der Waals surface area contributed by atoms with Gasteiger partial charge in [0.1, 0.15) is 11.6 Å². The van der Waals surface area contributed by atoms with Crippen LogP contribution >= 0.6 is 0 Å². The first-order valence-corrected chi connectivity index (χ1v) is 9.27. The first-order chi connectivity index (χ1) is 12.4. The molecule has 1 heterocycles. The molecular weight excluding hydrogens is 366 g/mol. The SMILES string of the molecule is O=C(Nc1ccccc1F)c1cc(S(=O)(=O)N2CCOCC2)ccc1F. The third-order valence-corrected chi connectivity index (χ3v) is 5.81. The van der Waals surface area contributed by atoms with Gasteiger partial charge in [-0.3, -0.25) is 4.79 Å². The Hall–Kier alpha value is -2.36. The molecule has 3 rings (SSSR count). The van der Waals surface area contributed by atoms with Gasteiger partial charge in [0.2, 0.25) is 10.0 Å². The molecule has 6 nitrogen and oxygen atoms in total. The van der Waals surface area contributed by atoms with E-state index in [4.69, 9.17) is 4.74 Å². The van der Waals surface area contributed by atoms with E-state index in [1.165, 1.54) is 22.5 Å². The van der Waals surface area contributed by atoms with Crippen molar-refractivity contribution in [2.45, 2.75) is 4.90 Å². The molecule has 0 aliphatic carbocycles. The average molecular weight is 382 g/mol. The van der Waals surface area contributed by atoms with Crippen LogP contribution in [0.3, 0.4) is 0 Å². The summed E-state index contributed by atoms with van der Waals surface area (Å²) < 4.78 is 59.3. The van der Waals surface area contributed by atoms with Crippen LogP contribution in [0.15, 0.2) is 47.4 Å². The average Bonchev–Trinajstić information content (AvgIpc) is 2.64. The number of hydrogen-bond donors (Lipinski definition) is 1. The molecule has 0 atom stereocenters. The lowest BCUT2D eigenvalue weighted by Gasteiger charge is -2.26. The smallest absolute Gasteiger partial charge is 0.258 e. The van der Waals surface area contributed by atoms with Gasteiger partial charge < -0.3 is 10.1 Å². The van der Waals surface area contributed by atoms with Crippen LogP contribution in [0.1, 0.15) is 10.4 Å². The zero-order valence-corrected chi connectivity index (χ0v) is 14.4. The number of carbonyl (C=O) groups is 1. The van der Waals surface area contributed by atoms with Gasteiger partial charge in [-0.2, -0.15) is 4.31 Å². The molecule has 1 fully saturated rings. The van der Waals surface area contributed by atoms with Gasteiger partial charge in [0, 0.05) is 13.1 Å². The predicted octanol–water partition coefficient (Wildman–Crippen LogP) is 2.24. The molecule has 0 saturated carbocycles. The Labute approximate surface area is 149 Å². The summed E-state index contributed by atoms with van der Waals surface area (Å²) in [7, 11) is -3.88. The van der Waals surface area contributed by atoms with Crippen LogP contribution in [0.25, 0.3) is 0 Å². The summed E-state index contributed by atoms with van der Waals surface area (Å²) in [4.78, 5) is 12.1. The summed E-state index contributed by atoms with van der Waals surface area (Å²) in [6.45, 7) is 0.884. The van der Waals surface area contributed by atoms with Crippen molar-refractivity contribution in [3.05, 3.63) is 59.7 Å². The van der Waals surface area contributed by atoms with Gasteiger partial charge in [-0.1, -0.05) is 12.1 Å². The van der Waals surface area contributed by atoms with Gasteiger partial charge in [-0.15, -0.1) is 0 Å². The van der Waals surface area contributed by atoms with E-state index in [9.17, 15) is 22.0 Å². The van der Waals surface area contributed by atoms with E-state index in [0.29, 0.717) is 0 Å². The van der Waals surface area contributed by atoms with E-state index in [1.807, 2.05) is 0 Å². The highest BCUT2D eigenvalue weighted by Gasteiger charge is 2.28. The molecule has 1 aliphatic heterocycles. The summed E-state index contributed by atoms with van der Waals surface area (Å²) in [6, 6.07) is 8.38. The van der Waals surface area contributed by atoms with Gasteiger partial charge >= 0.3 is 0 Å². The maximum atomic E-state index is 14.1. The Morgan fingerprint density at radius 2 is 1.73 bits per heavy atom. The minimum atomic E-state index is -3.88. The van der Waals surface area contributed by atoms with Crippen molar-refractivity contribution in [1.29, 1.82) is 0 Å². The summed E-state index contributed by atoms with van der Waals surface area (Å²) in [5.74, 6) is -2.52. The van der Waals surface area contributed by atoms with Crippen molar-refractivity contribution in [3.8, 4) is 0 Å². The number of anilines is 1. The Kier molecular flexibility index (Phi) is 5.30. The van der Waals surface area contributed by atoms with Crippen molar-refractivity contribution in [1.82, 2.24) is 4.31 Å². The Morgan fingerprint density at radius 3 is 2.42 bits per heavy atom. The number of benzene rings is 2. The molecule has 2 aromatic carbocycles. The van der Waals surface area contributed by atoms with Crippen LogP contribution in [-0.2, 0) is 14.8 Å². The van der Waals surface area contributed by atoms with E-state index in [1.54, 1.807) is 0 Å². The largest absolute Gasteiger partial charge is 0.379 e. The van der Waals surface area contributed by atoms with Crippen molar-refractivity contribution in [2.24, 2.45) is 0 Å². The summed E-state index contributed by atoms with van der Waals surface area (Å²) >= 11 is 0. The second-order valence-electron chi connectivity index (χ2n) is 5.59. The molecule has 1 aliphatic rings. The molecule has 0 spiro atoms. The maximum Gasteiger partial charge on any atom is 0.258 e. The molecule has 0 bridgehead atoms. The summed E-state index contributed by atoms with van der Waals surface area (Å²) in [6.07, 6.45) is 0. The van der Waals surface area contributed by atoms with Crippen LogP contribution in [0.2, 0.25) is 0 Å². The number of hydrogen-bond acceptors (Lipinski definition) is 4. The standard InChI is InChI=1S/C17H16F2N2O4S/c18-14-6-5-12(26(23,24)21-7-9-25-10-8-21)11-13(14)17(22)20-16-4-2-1-3-15(16)19/h1-6,11H,7-10H2,(H,20,22). The molecule has 0 unspecified atom stereocenters. The second kappa shape index (κ2) is 7.48. The molecule has 1 amide bonds. The molecule has 0 radical (unpaired) electrons. The van der Waals surface area contributed by atoms with Crippen LogP contribution < -0.4 is 5.32 Å². The number of amides is 1. The molecule has 0 aromatic heterocycles. The zero-order valence-electron chi connectivity index (χ0n) is 13.6. The summed E-state index contributed by atoms with van der Waals surface area (Å²) in [5, 5.41) is 2.24. The Balaban J connectivity index is 1.90. The van der Waals surface area contributed by atoms with Crippen LogP contribution in [0.4, 0.5) is 14.5 Å². The Bertz CT molecular complexity index is 928. The first-order valence-electron chi connectivity index (χ1n) is 7.83. The van der Waals surface area contributed by atoms with E-state index in [0.717, 1.165) is 24.3 Å². The number of para-hydroxylation sites is 1. The number of halogens is 2. The third kappa shape index (κ3) is 3.74. The van der Waals surface area contributed by atoms with Crippen LogP contribution in [-0.4, -0.2) is 44.9 Å². The quantitative estimate of drug-likeness (QED) is 0.880. The highest BCUT2D eigenvalue weighted by Crippen LogP contribution is 2.22. The van der Waals surface area contributed by atoms with Crippen molar-refractivity contribution in [2.75, 3.05) is 31.6 Å². The van der Waals surface area contributed by atoms with E-state index < -0.39 is 33.1 Å². The monoisotopic (exact) mass is 382 g/mol. The maximum absolute atomic E-state index is 14.1. The minimum Gasteiger partial charge on any atom is -0.379 e. The highest BCUT2D eigenvalue weighted by molar-refractivity contribution is 7.89. The lowest BCUT2D eigenvalue weighted by molar-refractivity contribution is 0.0730. The zero-order chi connectivity index (χ0) is 18.7.